The third-order valence-corrected chi connectivity index (χ3v) is 5.01. The van der Waals surface area contributed by atoms with Gasteiger partial charge >= 0.3 is 5.97 Å². The van der Waals surface area contributed by atoms with Gasteiger partial charge in [0.25, 0.3) is 11.8 Å². The van der Waals surface area contributed by atoms with Crippen molar-refractivity contribution in [2.24, 2.45) is 0 Å². The molecule has 2 amide bonds. The number of aliphatic hydroxyl groups excluding tert-OH is 2. The number of rotatable bonds is 6. The normalized spacial score (nSPS) is 13.2. The fourth-order valence-electron chi connectivity index (χ4n) is 2.77. The number of likely N-dealkylation sites (N-methyl/N-ethyl adjacent to an activating group) is 2. The summed E-state index contributed by atoms with van der Waals surface area (Å²) in [6.07, 6.45) is -0.934. The highest BCUT2D eigenvalue weighted by Gasteiger charge is 2.47. The third-order valence-electron chi connectivity index (χ3n) is 5.01. The van der Waals surface area contributed by atoms with E-state index in [1.807, 2.05) is 0 Å². The number of carbonyl (C=O) groups is 3. The lowest BCUT2D eigenvalue weighted by atomic mass is 9.98. The molecule has 2 aromatic carbocycles. The van der Waals surface area contributed by atoms with E-state index in [9.17, 15) is 24.6 Å². The number of benzene rings is 2. The molecule has 0 saturated carbocycles. The first-order valence-electron chi connectivity index (χ1n) is 9.39. The molecule has 0 bridgehead atoms. The lowest BCUT2D eigenvalue weighted by Gasteiger charge is -2.33. The quantitative estimate of drug-likeness (QED) is 0.401. The zero-order chi connectivity index (χ0) is 23.2. The summed E-state index contributed by atoms with van der Waals surface area (Å²) in [4.78, 5) is 37.3. The third kappa shape index (κ3) is 5.09. The molecule has 0 fully saturated rings. The second-order valence-corrected chi connectivity index (χ2v) is 6.97. The molecule has 162 valence electrons. The molecule has 2 unspecified atom stereocenters. The molecule has 0 saturated heterocycles. The van der Waals surface area contributed by atoms with Gasteiger partial charge in [0.1, 0.15) is 6.10 Å². The van der Waals surface area contributed by atoms with Crippen LogP contribution in [0.2, 0.25) is 0 Å². The molecule has 2 aromatic rings. The number of aliphatic carboxylic acids is 1. The molecule has 2 atom stereocenters. The van der Waals surface area contributed by atoms with Crippen molar-refractivity contribution >= 4 is 17.8 Å². The van der Waals surface area contributed by atoms with Gasteiger partial charge in [0.15, 0.2) is 0 Å². The van der Waals surface area contributed by atoms with Crippen molar-refractivity contribution in [3.8, 4) is 11.8 Å². The summed E-state index contributed by atoms with van der Waals surface area (Å²) >= 11 is 0. The molecule has 31 heavy (non-hydrogen) atoms. The molecule has 8 nitrogen and oxygen atoms in total. The highest BCUT2D eigenvalue weighted by atomic mass is 16.4. The summed E-state index contributed by atoms with van der Waals surface area (Å²) in [5, 5.41) is 30.3. The molecular weight excluding hydrogens is 400 g/mol. The van der Waals surface area contributed by atoms with Crippen molar-refractivity contribution < 1.29 is 29.7 Å². The minimum Gasteiger partial charge on any atom is -0.479 e. The van der Waals surface area contributed by atoms with E-state index in [1.54, 1.807) is 36.4 Å². The maximum absolute atomic E-state index is 12.7. The molecule has 8 heteroatoms. The second-order valence-electron chi connectivity index (χ2n) is 6.97. The maximum Gasteiger partial charge on any atom is 0.339 e. The Morgan fingerprint density at radius 2 is 1.52 bits per heavy atom. The van der Waals surface area contributed by atoms with Crippen LogP contribution in [-0.2, 0) is 9.59 Å². The van der Waals surface area contributed by atoms with E-state index in [1.165, 1.54) is 26.2 Å². The number of carboxylic acid groups (broad SMARTS) is 1. The summed E-state index contributed by atoms with van der Waals surface area (Å²) in [7, 11) is 2.56. The number of hydrogen-bond acceptors (Lipinski definition) is 5. The molecule has 0 aliphatic heterocycles. The lowest BCUT2D eigenvalue weighted by Crippen LogP contribution is -2.61. The van der Waals surface area contributed by atoms with E-state index in [4.69, 9.17) is 5.11 Å². The van der Waals surface area contributed by atoms with Crippen molar-refractivity contribution in [3.63, 3.8) is 0 Å². The fraction of sp³-hybridized carbons (Fsp3) is 0.261. The van der Waals surface area contributed by atoms with Crippen molar-refractivity contribution in [1.29, 1.82) is 0 Å². The Bertz CT molecular complexity index is 1020. The number of hydrogen-bond donors (Lipinski definition) is 4. The average molecular weight is 424 g/mol. The molecular formula is C23H24N2O6. The first-order valence-corrected chi connectivity index (χ1v) is 9.39. The Morgan fingerprint density at radius 1 is 1.03 bits per heavy atom. The first-order chi connectivity index (χ1) is 14.6. The molecule has 0 aromatic heterocycles. The van der Waals surface area contributed by atoms with Gasteiger partial charge in [-0.25, -0.2) is 4.79 Å². The highest BCUT2D eigenvalue weighted by Crippen LogP contribution is 2.18. The van der Waals surface area contributed by atoms with E-state index in [2.05, 4.69) is 17.2 Å². The van der Waals surface area contributed by atoms with E-state index in [0.29, 0.717) is 16.7 Å². The highest BCUT2D eigenvalue weighted by molar-refractivity contribution is 6.10. The predicted octanol–water partition coefficient (Wildman–Crippen LogP) is 0.773. The van der Waals surface area contributed by atoms with E-state index in [-0.39, 0.29) is 12.2 Å². The number of carbonyl (C=O) groups excluding carboxylic acids is 2. The van der Waals surface area contributed by atoms with Crippen LogP contribution in [0.15, 0.2) is 48.5 Å². The molecule has 0 heterocycles. The molecule has 0 aliphatic carbocycles. The van der Waals surface area contributed by atoms with Crippen molar-refractivity contribution in [1.82, 2.24) is 10.2 Å². The van der Waals surface area contributed by atoms with Crippen LogP contribution in [0.25, 0.3) is 0 Å². The van der Waals surface area contributed by atoms with Crippen LogP contribution in [0.4, 0.5) is 0 Å². The topological polar surface area (TPSA) is 127 Å². The number of nitrogens with zero attached hydrogens (tertiary/aromatic N) is 1. The predicted molar refractivity (Wildman–Crippen MR) is 113 cm³/mol. The Morgan fingerprint density at radius 3 is 1.94 bits per heavy atom. The number of amides is 2. The van der Waals surface area contributed by atoms with Gasteiger partial charge in [0.2, 0.25) is 5.54 Å². The minimum absolute atomic E-state index is 0.215. The molecule has 2 rings (SSSR count). The number of carboxylic acids is 1. The number of aliphatic hydroxyl groups is 2. The van der Waals surface area contributed by atoms with Gasteiger partial charge in [-0.1, -0.05) is 24.0 Å². The van der Waals surface area contributed by atoms with Gasteiger partial charge in [-0.15, -0.1) is 0 Å². The van der Waals surface area contributed by atoms with Crippen molar-refractivity contribution in [3.05, 3.63) is 70.8 Å². The van der Waals surface area contributed by atoms with Gasteiger partial charge in [-0.2, -0.15) is 0 Å². The SMILES string of the molecule is CNC(=O)C(C)(C(=O)O)N(C)C(=O)c1ccc(C#Cc2ccc(C(O)CO)cc2)cc1. The Balaban J connectivity index is 2.18. The fourth-order valence-corrected chi connectivity index (χ4v) is 2.77. The van der Waals surface area contributed by atoms with E-state index in [0.717, 1.165) is 11.8 Å². The molecule has 0 spiro atoms. The largest absolute Gasteiger partial charge is 0.479 e. The van der Waals surface area contributed by atoms with Crippen molar-refractivity contribution in [2.75, 3.05) is 20.7 Å². The van der Waals surface area contributed by atoms with E-state index >= 15 is 0 Å². The van der Waals surface area contributed by atoms with Gasteiger partial charge < -0.3 is 25.5 Å². The molecule has 4 N–H and O–H groups in total. The lowest BCUT2D eigenvalue weighted by molar-refractivity contribution is -0.154. The van der Waals surface area contributed by atoms with Crippen LogP contribution < -0.4 is 5.32 Å². The summed E-state index contributed by atoms with van der Waals surface area (Å²) < 4.78 is 0. The Kier molecular flexibility index (Phi) is 7.53. The summed E-state index contributed by atoms with van der Waals surface area (Å²) in [6, 6.07) is 13.1. The van der Waals surface area contributed by atoms with Gasteiger partial charge in [-0.05, 0) is 48.9 Å². The summed E-state index contributed by atoms with van der Waals surface area (Å²) in [5.74, 6) is 3.04. The minimum atomic E-state index is -2.06. The van der Waals surface area contributed by atoms with Crippen LogP contribution in [-0.4, -0.2) is 64.2 Å². The number of nitrogens with one attached hydrogen (secondary N) is 1. The van der Waals surface area contributed by atoms with Crippen LogP contribution in [0.3, 0.4) is 0 Å². The van der Waals surface area contributed by atoms with Gasteiger partial charge in [0, 0.05) is 30.8 Å². The standard InChI is InChI=1S/C23H24N2O6/c1-23(22(30)31,21(29)24-2)25(3)20(28)18-12-8-16(9-13-18)5-4-15-6-10-17(11-7-15)19(27)14-26/h6-13,19,26-27H,14H2,1-3H3,(H,24,29)(H,30,31). The van der Waals surface area contributed by atoms with Crippen LogP contribution in [0.1, 0.15) is 40.1 Å². The average Bonchev–Trinajstić information content (AvgIpc) is 2.80. The molecule has 0 radical (unpaired) electrons. The van der Waals surface area contributed by atoms with Gasteiger partial charge in [-0.3, -0.25) is 9.59 Å². The zero-order valence-corrected chi connectivity index (χ0v) is 17.4. The van der Waals surface area contributed by atoms with E-state index < -0.39 is 29.4 Å². The van der Waals surface area contributed by atoms with Crippen molar-refractivity contribution in [2.45, 2.75) is 18.6 Å². The van der Waals surface area contributed by atoms with Crippen LogP contribution in [0, 0.1) is 11.8 Å². The second kappa shape index (κ2) is 9.89. The molecule has 0 aliphatic rings. The smallest absolute Gasteiger partial charge is 0.339 e. The Labute approximate surface area is 180 Å². The Hall–Kier alpha value is -3.67. The zero-order valence-electron chi connectivity index (χ0n) is 17.4. The summed E-state index contributed by atoms with van der Waals surface area (Å²) in [6.45, 7) is 0.802. The monoisotopic (exact) mass is 424 g/mol. The van der Waals surface area contributed by atoms with Crippen LogP contribution in [0.5, 0.6) is 0 Å². The first kappa shape index (κ1) is 23.6. The summed E-state index contributed by atoms with van der Waals surface area (Å²) in [5.41, 5.74) is 0.0829. The maximum atomic E-state index is 12.7. The van der Waals surface area contributed by atoms with Gasteiger partial charge in [0.05, 0.1) is 6.61 Å². The van der Waals surface area contributed by atoms with Crippen LogP contribution >= 0.6 is 0 Å².